The molecule has 0 aromatic carbocycles. The minimum atomic E-state index is -0.772. The minimum Gasteiger partial charge on any atom is -0.327 e. The first-order valence-electron chi connectivity index (χ1n) is 8.04. The fourth-order valence-electron chi connectivity index (χ4n) is 4.10. The molecular weight excluding hydrogens is 299 g/mol. The zero-order chi connectivity index (χ0) is 16.2. The zero-order valence-electron chi connectivity index (χ0n) is 13.2. The monoisotopic (exact) mass is 320 g/mol. The fraction of sp³-hybridized carbons (Fsp3) is 0.667. The van der Waals surface area contributed by atoms with E-state index in [4.69, 9.17) is 5.73 Å². The van der Waals surface area contributed by atoms with E-state index < -0.39 is 6.17 Å². The molecule has 0 radical (unpaired) electrons. The lowest BCUT2D eigenvalue weighted by molar-refractivity contribution is 0.170. The van der Waals surface area contributed by atoms with Gasteiger partial charge in [0.1, 0.15) is 11.6 Å². The molecule has 2 aliphatic rings. The number of halogens is 1. The van der Waals surface area contributed by atoms with Crippen LogP contribution in [0.2, 0.25) is 0 Å². The average molecular weight is 320 g/mol. The summed E-state index contributed by atoms with van der Waals surface area (Å²) in [6.07, 6.45) is 5.04. The second kappa shape index (κ2) is 5.02. The average Bonchev–Trinajstić information content (AvgIpc) is 3.06. The van der Waals surface area contributed by atoms with Gasteiger partial charge in [0.2, 0.25) is 0 Å². The Bertz CT molecular complexity index is 791. The predicted molar refractivity (Wildman–Crippen MR) is 84.5 cm³/mol. The van der Waals surface area contributed by atoms with Crippen molar-refractivity contribution in [2.75, 3.05) is 18.1 Å². The van der Waals surface area contributed by atoms with Crippen LogP contribution in [0.1, 0.15) is 25.7 Å². The van der Waals surface area contributed by atoms with Gasteiger partial charge in [0.15, 0.2) is 5.65 Å². The molecule has 2 atom stereocenters. The zero-order valence-corrected chi connectivity index (χ0v) is 13.2. The van der Waals surface area contributed by atoms with Crippen molar-refractivity contribution in [1.82, 2.24) is 19.4 Å². The molecule has 0 amide bonds. The summed E-state index contributed by atoms with van der Waals surface area (Å²) >= 11 is 0. The first-order valence-corrected chi connectivity index (χ1v) is 8.04. The standard InChI is InChI=1S/C15H21FN6O/c1-20-9-18-13-11(14(20)23)8-19-22(13)21-4-2-15(3-5-21)7-10(16)6-12(15)17/h8-10,12H,2-7,17H2,1H3/t10-,12-/m1/s1. The fourth-order valence-corrected chi connectivity index (χ4v) is 4.10. The highest BCUT2D eigenvalue weighted by Crippen LogP contribution is 2.46. The van der Waals surface area contributed by atoms with Gasteiger partial charge >= 0.3 is 0 Å². The Morgan fingerprint density at radius 3 is 2.78 bits per heavy atom. The molecule has 2 aromatic rings. The maximum atomic E-state index is 13.7. The van der Waals surface area contributed by atoms with Crippen molar-refractivity contribution in [3.8, 4) is 0 Å². The molecule has 1 saturated carbocycles. The minimum absolute atomic E-state index is 0.0561. The lowest BCUT2D eigenvalue weighted by Crippen LogP contribution is -2.50. The van der Waals surface area contributed by atoms with Crippen molar-refractivity contribution in [3.05, 3.63) is 22.9 Å². The Morgan fingerprint density at radius 1 is 1.39 bits per heavy atom. The summed E-state index contributed by atoms with van der Waals surface area (Å²) in [5, 5.41) is 6.91. The molecule has 2 N–H and O–H groups in total. The van der Waals surface area contributed by atoms with E-state index in [9.17, 15) is 9.18 Å². The van der Waals surface area contributed by atoms with Gasteiger partial charge in [-0.1, -0.05) is 0 Å². The largest absolute Gasteiger partial charge is 0.327 e. The Kier molecular flexibility index (Phi) is 3.19. The summed E-state index contributed by atoms with van der Waals surface area (Å²) in [5.41, 5.74) is 6.58. The Morgan fingerprint density at radius 2 is 2.13 bits per heavy atom. The number of rotatable bonds is 1. The van der Waals surface area contributed by atoms with Crippen LogP contribution in [0.3, 0.4) is 0 Å². The van der Waals surface area contributed by atoms with Crippen LogP contribution in [-0.4, -0.2) is 44.7 Å². The number of hydrogen-bond acceptors (Lipinski definition) is 5. The Hall–Kier alpha value is -1.96. The van der Waals surface area contributed by atoms with Gasteiger partial charge in [-0.3, -0.25) is 9.80 Å². The molecule has 4 rings (SSSR count). The van der Waals surface area contributed by atoms with E-state index in [1.807, 2.05) is 0 Å². The molecule has 124 valence electrons. The molecule has 23 heavy (non-hydrogen) atoms. The summed E-state index contributed by atoms with van der Waals surface area (Å²) in [5.74, 6) is 0. The summed E-state index contributed by atoms with van der Waals surface area (Å²) < 4.78 is 15.1. The number of nitrogens with two attached hydrogens (primary N) is 1. The van der Waals surface area contributed by atoms with Gasteiger partial charge < -0.3 is 10.3 Å². The molecule has 1 saturated heterocycles. The SMILES string of the molecule is Cn1cnc2c(cnn2N2CCC3(CC2)C[C@H](F)C[C@H]3N)c1=O. The maximum Gasteiger partial charge on any atom is 0.264 e. The molecule has 0 bridgehead atoms. The summed E-state index contributed by atoms with van der Waals surface area (Å²) in [6.45, 7) is 1.49. The van der Waals surface area contributed by atoms with Crippen molar-refractivity contribution < 1.29 is 4.39 Å². The highest BCUT2D eigenvalue weighted by atomic mass is 19.1. The maximum absolute atomic E-state index is 13.7. The summed E-state index contributed by atoms with van der Waals surface area (Å²) in [6, 6.07) is -0.0561. The number of aryl methyl sites for hydroxylation is 1. The van der Waals surface area contributed by atoms with Crippen LogP contribution >= 0.6 is 0 Å². The number of piperidine rings is 1. The van der Waals surface area contributed by atoms with E-state index in [1.54, 1.807) is 18.0 Å². The molecule has 3 heterocycles. The van der Waals surface area contributed by atoms with Gasteiger partial charge in [0, 0.05) is 26.2 Å². The first-order chi connectivity index (χ1) is 11.0. The van der Waals surface area contributed by atoms with Crippen molar-refractivity contribution >= 4 is 11.0 Å². The lowest BCUT2D eigenvalue weighted by Gasteiger charge is -2.42. The van der Waals surface area contributed by atoms with E-state index in [0.29, 0.717) is 23.9 Å². The van der Waals surface area contributed by atoms with Crippen LogP contribution in [0.5, 0.6) is 0 Å². The van der Waals surface area contributed by atoms with Crippen LogP contribution in [-0.2, 0) is 7.05 Å². The van der Waals surface area contributed by atoms with E-state index >= 15 is 0 Å². The number of hydrogen-bond donors (Lipinski definition) is 1. The smallest absolute Gasteiger partial charge is 0.264 e. The number of fused-ring (bicyclic) bond motifs is 1. The van der Waals surface area contributed by atoms with Crippen LogP contribution in [0.4, 0.5) is 4.39 Å². The van der Waals surface area contributed by atoms with Crippen LogP contribution in [0.25, 0.3) is 11.0 Å². The highest BCUT2D eigenvalue weighted by Gasteiger charge is 2.47. The third kappa shape index (κ3) is 2.15. The quantitative estimate of drug-likeness (QED) is 0.818. The third-order valence-electron chi connectivity index (χ3n) is 5.56. The summed E-state index contributed by atoms with van der Waals surface area (Å²) in [4.78, 5) is 18.1. The molecular formula is C15H21FN6O. The second-order valence-corrected chi connectivity index (χ2v) is 6.89. The molecule has 1 aliphatic carbocycles. The third-order valence-corrected chi connectivity index (χ3v) is 5.56. The molecule has 7 nitrogen and oxygen atoms in total. The molecule has 1 spiro atoms. The van der Waals surface area contributed by atoms with Crippen LogP contribution in [0.15, 0.2) is 17.3 Å². The molecule has 0 unspecified atom stereocenters. The Labute approximate surface area is 132 Å². The van der Waals surface area contributed by atoms with E-state index in [-0.39, 0.29) is 17.0 Å². The second-order valence-electron chi connectivity index (χ2n) is 6.89. The molecule has 2 fully saturated rings. The topological polar surface area (TPSA) is 82.0 Å². The van der Waals surface area contributed by atoms with Crippen LogP contribution in [0, 0.1) is 5.41 Å². The summed E-state index contributed by atoms with van der Waals surface area (Å²) in [7, 11) is 1.67. The Balaban J connectivity index is 1.60. The van der Waals surface area contributed by atoms with Crippen molar-refractivity contribution in [1.29, 1.82) is 0 Å². The normalized spacial score (nSPS) is 27.2. The first kappa shape index (κ1) is 14.6. The number of nitrogens with zero attached hydrogens (tertiary/aromatic N) is 5. The van der Waals surface area contributed by atoms with Gasteiger partial charge in [-0.2, -0.15) is 9.89 Å². The van der Waals surface area contributed by atoms with Crippen molar-refractivity contribution in [3.63, 3.8) is 0 Å². The molecule has 1 aliphatic heterocycles. The molecule has 8 heteroatoms. The van der Waals surface area contributed by atoms with E-state index in [2.05, 4.69) is 15.1 Å². The van der Waals surface area contributed by atoms with E-state index in [0.717, 1.165) is 25.9 Å². The van der Waals surface area contributed by atoms with E-state index in [1.165, 1.54) is 10.9 Å². The van der Waals surface area contributed by atoms with Gasteiger partial charge in [-0.15, -0.1) is 0 Å². The van der Waals surface area contributed by atoms with Gasteiger partial charge in [0.25, 0.3) is 5.56 Å². The number of aromatic nitrogens is 4. The highest BCUT2D eigenvalue weighted by molar-refractivity contribution is 5.73. The van der Waals surface area contributed by atoms with Gasteiger partial charge in [-0.05, 0) is 31.1 Å². The predicted octanol–water partition coefficient (Wildman–Crippen LogP) is 0.307. The van der Waals surface area contributed by atoms with Gasteiger partial charge in [-0.25, -0.2) is 9.37 Å². The molecule has 2 aromatic heterocycles. The van der Waals surface area contributed by atoms with Crippen molar-refractivity contribution in [2.45, 2.75) is 37.9 Å². The van der Waals surface area contributed by atoms with Gasteiger partial charge in [0.05, 0.1) is 12.5 Å². The van der Waals surface area contributed by atoms with Crippen molar-refractivity contribution in [2.24, 2.45) is 18.2 Å². The lowest BCUT2D eigenvalue weighted by atomic mass is 9.74. The van der Waals surface area contributed by atoms with Crippen LogP contribution < -0.4 is 16.3 Å². The number of alkyl halides is 1.